The number of ketones is 1. The number of pyridine rings is 1. The van der Waals surface area contributed by atoms with Gasteiger partial charge in [-0.3, -0.25) is 4.79 Å². The molecule has 5 heteroatoms. The minimum atomic E-state index is -0.337. The van der Waals surface area contributed by atoms with Gasteiger partial charge in [-0.2, -0.15) is 0 Å². The van der Waals surface area contributed by atoms with E-state index in [2.05, 4.69) is 50.0 Å². The van der Waals surface area contributed by atoms with Gasteiger partial charge in [-0.25, -0.2) is 4.39 Å². The topological polar surface area (TPSA) is 50.2 Å². The van der Waals surface area contributed by atoms with E-state index in [0.717, 1.165) is 69.6 Å². The van der Waals surface area contributed by atoms with E-state index < -0.39 is 0 Å². The van der Waals surface area contributed by atoms with Crippen molar-refractivity contribution in [2.45, 2.75) is 101 Å². The summed E-state index contributed by atoms with van der Waals surface area (Å²) in [5.74, 6) is 0.393. The molecule has 3 nitrogen and oxygen atoms in total. The Hall–Kier alpha value is -2.88. The van der Waals surface area contributed by atoms with Gasteiger partial charge in [-0.05, 0) is 82.6 Å². The largest absolute Gasteiger partial charge is 0.512 e. The van der Waals surface area contributed by atoms with Crippen molar-refractivity contribution in [1.82, 2.24) is 4.98 Å². The molecule has 4 rings (SSSR count). The molecule has 0 unspecified atom stereocenters. The van der Waals surface area contributed by atoms with Crippen molar-refractivity contribution >= 4 is 27.3 Å². The molecule has 0 saturated heterocycles. The Labute approximate surface area is 277 Å². The number of allylic oxidation sites excluding steroid dienone is 2. The molecule has 0 aliphatic carbocycles. The number of hydrogen-bond donors (Lipinski definition) is 1. The number of fused-ring (bicyclic) bond motifs is 3. The maximum atomic E-state index is 14.0. The summed E-state index contributed by atoms with van der Waals surface area (Å²) >= 11 is 0. The molecule has 0 saturated carbocycles. The Kier molecular flexibility index (Phi) is 13.1. The monoisotopic (exact) mass is 775 g/mol. The molecule has 1 aromatic heterocycles. The molecule has 4 aromatic rings. The molecule has 0 bridgehead atoms. The van der Waals surface area contributed by atoms with Gasteiger partial charge >= 0.3 is 0 Å². The van der Waals surface area contributed by atoms with Crippen LogP contribution in [0.25, 0.3) is 32.8 Å². The zero-order valence-corrected chi connectivity index (χ0v) is 30.5. The number of benzene rings is 3. The Morgan fingerprint density at radius 1 is 0.932 bits per heavy atom. The van der Waals surface area contributed by atoms with Crippen LogP contribution in [0.3, 0.4) is 0 Å². The van der Waals surface area contributed by atoms with Crippen molar-refractivity contribution in [3.8, 4) is 11.3 Å². The van der Waals surface area contributed by atoms with Crippen LogP contribution in [-0.2, 0) is 24.9 Å². The number of nitrogens with zero attached hydrogens (tertiary/aromatic N) is 1. The first-order valence-corrected chi connectivity index (χ1v) is 15.7. The third-order valence-corrected chi connectivity index (χ3v) is 9.48. The van der Waals surface area contributed by atoms with Gasteiger partial charge in [0.2, 0.25) is 0 Å². The number of carbonyl (C=O) groups is 1. The first kappa shape index (κ1) is 37.3. The molecule has 0 aliphatic rings. The molecular weight excluding hydrogens is 726 g/mol. The normalized spacial score (nSPS) is 12.2. The molecule has 0 aliphatic heterocycles. The summed E-state index contributed by atoms with van der Waals surface area (Å²) in [7, 11) is 0. The van der Waals surface area contributed by atoms with Gasteiger partial charge in [-0.1, -0.05) is 81.4 Å². The second-order valence-electron chi connectivity index (χ2n) is 12.8. The Bertz CT molecular complexity index is 1610. The van der Waals surface area contributed by atoms with Gasteiger partial charge in [0.25, 0.3) is 0 Å². The summed E-state index contributed by atoms with van der Waals surface area (Å²) in [6.45, 7) is 20.5. The number of rotatable bonds is 9. The van der Waals surface area contributed by atoms with Crippen molar-refractivity contribution in [1.29, 1.82) is 0 Å². The number of halogens is 1. The molecule has 0 amide bonds. The molecule has 1 N–H and O–H groups in total. The molecule has 0 fully saturated rings. The molecular formula is C39H49FIrNO2-. The molecule has 239 valence electrons. The Morgan fingerprint density at radius 2 is 1.55 bits per heavy atom. The van der Waals surface area contributed by atoms with Gasteiger partial charge in [0.15, 0.2) is 5.78 Å². The molecule has 3 aromatic carbocycles. The summed E-state index contributed by atoms with van der Waals surface area (Å²) in [5, 5.41) is 14.3. The second-order valence-corrected chi connectivity index (χ2v) is 12.8. The minimum Gasteiger partial charge on any atom is -0.512 e. The van der Waals surface area contributed by atoms with Crippen molar-refractivity contribution in [2.24, 2.45) is 10.8 Å². The number of aromatic nitrogens is 1. The van der Waals surface area contributed by atoms with E-state index in [1.165, 1.54) is 17.7 Å². The first-order chi connectivity index (χ1) is 20.2. The van der Waals surface area contributed by atoms with Gasteiger partial charge in [0, 0.05) is 43.2 Å². The van der Waals surface area contributed by atoms with E-state index in [9.17, 15) is 14.3 Å². The predicted molar refractivity (Wildman–Crippen MR) is 180 cm³/mol. The smallest absolute Gasteiger partial charge is 0.164 e. The van der Waals surface area contributed by atoms with Gasteiger partial charge in [0.1, 0.15) is 11.6 Å². The van der Waals surface area contributed by atoms with Crippen LogP contribution in [0.2, 0.25) is 0 Å². The maximum Gasteiger partial charge on any atom is 0.164 e. The summed E-state index contributed by atoms with van der Waals surface area (Å²) in [5.41, 5.74) is 4.72. The van der Waals surface area contributed by atoms with E-state index in [4.69, 9.17) is 0 Å². The number of carbonyl (C=O) groups excluding carboxylic acids is 1. The maximum absolute atomic E-state index is 14.0. The number of aryl methyl sites for hydroxylation is 2. The average Bonchev–Trinajstić information content (AvgIpc) is 2.98. The third kappa shape index (κ3) is 8.03. The molecule has 1 heterocycles. The van der Waals surface area contributed by atoms with Crippen molar-refractivity contribution in [3.63, 3.8) is 0 Å². The Balaban J connectivity index is 0.000000331. The standard InChI is InChI=1S/C24H21FN.C15H28O2.Ir/c1-14(2)21-12-17-7-8-26-24(18-10-15(3)9-16(4)11-18)23(17)20-6-5-19(25)13-22(20)21;1-7-14(5,8-2)12(16)11-13(17)15(6,9-3)10-4;/h5-10,12-14H,1-4H3;11,16H,7-10H2,1-6H3;/q-1;;/b;12-11-;. The van der Waals surface area contributed by atoms with Crippen molar-refractivity contribution in [3.05, 3.63) is 89.1 Å². The fraction of sp³-hybridized carbons (Fsp3) is 0.436. The fourth-order valence-corrected chi connectivity index (χ4v) is 5.49. The van der Waals surface area contributed by atoms with Gasteiger partial charge in [0.05, 0.1) is 0 Å². The van der Waals surface area contributed by atoms with Crippen molar-refractivity contribution < 1.29 is 34.4 Å². The predicted octanol–water partition coefficient (Wildman–Crippen LogP) is 11.4. The van der Waals surface area contributed by atoms with E-state index in [1.807, 2.05) is 66.8 Å². The van der Waals surface area contributed by atoms with Crippen LogP contribution in [0.4, 0.5) is 4.39 Å². The fourth-order valence-electron chi connectivity index (χ4n) is 5.49. The molecule has 44 heavy (non-hydrogen) atoms. The van der Waals surface area contributed by atoms with Crippen LogP contribution in [0.15, 0.2) is 60.5 Å². The second kappa shape index (κ2) is 15.4. The quantitative estimate of drug-likeness (QED) is 0.0797. The summed E-state index contributed by atoms with van der Waals surface area (Å²) in [6, 6.07) is 16.9. The van der Waals surface area contributed by atoms with Crippen LogP contribution >= 0.6 is 0 Å². The zero-order chi connectivity index (χ0) is 32.1. The van der Waals surface area contributed by atoms with E-state index >= 15 is 0 Å². The van der Waals surface area contributed by atoms with E-state index in [0.29, 0.717) is 5.92 Å². The van der Waals surface area contributed by atoms with Crippen LogP contribution in [0.5, 0.6) is 0 Å². The van der Waals surface area contributed by atoms with Crippen molar-refractivity contribution in [2.75, 3.05) is 0 Å². The molecule has 0 atom stereocenters. The summed E-state index contributed by atoms with van der Waals surface area (Å²) < 4.78 is 14.0. The molecule has 0 spiro atoms. The number of aliphatic hydroxyl groups excluding tert-OH is 1. The number of hydrogen-bond acceptors (Lipinski definition) is 3. The van der Waals surface area contributed by atoms with Crippen LogP contribution < -0.4 is 0 Å². The minimum absolute atomic E-state index is 0. The average molecular weight is 775 g/mol. The van der Waals surface area contributed by atoms with E-state index in [1.54, 1.807) is 6.07 Å². The summed E-state index contributed by atoms with van der Waals surface area (Å²) in [4.78, 5) is 16.9. The van der Waals surface area contributed by atoms with Crippen LogP contribution in [-0.4, -0.2) is 15.9 Å². The zero-order valence-electron chi connectivity index (χ0n) is 28.1. The molecule has 1 radical (unpaired) electrons. The van der Waals surface area contributed by atoms with E-state index in [-0.39, 0.29) is 48.3 Å². The van der Waals surface area contributed by atoms with Gasteiger partial charge < -0.3 is 10.1 Å². The van der Waals surface area contributed by atoms with Crippen LogP contribution in [0.1, 0.15) is 104 Å². The van der Waals surface area contributed by atoms with Gasteiger partial charge in [-0.15, -0.1) is 34.9 Å². The van der Waals surface area contributed by atoms with Crippen LogP contribution in [0, 0.1) is 36.6 Å². The SMILES string of the molecule is CCC(C)(CC)C(=O)/C=C(\O)C(C)(CC)CC.Cc1[c-]c(-c2nccc3cc(C(C)C)c4cc(F)ccc4c23)cc(C)c1.[Ir]. The first-order valence-electron chi connectivity index (χ1n) is 15.7. The Morgan fingerprint density at radius 3 is 2.09 bits per heavy atom. The summed E-state index contributed by atoms with van der Waals surface area (Å²) in [6.07, 6.45) is 6.60. The number of aliphatic hydroxyl groups is 1. The third-order valence-electron chi connectivity index (χ3n) is 9.48.